The number of hydrogen-bond acceptors (Lipinski definition) is 7. The Morgan fingerprint density at radius 1 is 0.971 bits per heavy atom. The number of aromatic carboxylic acids is 1. The zero-order valence-electron chi connectivity index (χ0n) is 18.0. The fourth-order valence-corrected chi connectivity index (χ4v) is 4.32. The van der Waals surface area contributed by atoms with E-state index in [4.69, 9.17) is 23.4 Å². The quantitative estimate of drug-likeness (QED) is 0.244. The molecule has 0 saturated carbocycles. The molecule has 2 aromatic carbocycles. The van der Waals surface area contributed by atoms with Crippen molar-refractivity contribution in [3.63, 3.8) is 0 Å². The lowest BCUT2D eigenvalue weighted by Crippen LogP contribution is -2.21. The van der Waals surface area contributed by atoms with Gasteiger partial charge >= 0.3 is 11.9 Å². The Kier molecular flexibility index (Phi) is 4.67. The van der Waals surface area contributed by atoms with Crippen molar-refractivity contribution in [3.05, 3.63) is 101 Å². The third-order valence-electron chi connectivity index (χ3n) is 5.98. The molecule has 8 heteroatoms. The first-order chi connectivity index (χ1) is 17.0. The fourth-order valence-electron chi connectivity index (χ4n) is 4.32. The molecule has 1 atom stereocenters. The topological polar surface area (TPSA) is 116 Å². The third-order valence-corrected chi connectivity index (χ3v) is 5.98. The monoisotopic (exact) mass is 468 g/mol. The minimum atomic E-state index is -1.02. The number of furan rings is 2. The largest absolute Gasteiger partial charge is 0.478 e. The second-order valence-electron chi connectivity index (χ2n) is 8.12. The highest BCUT2D eigenvalue weighted by Crippen LogP contribution is 2.49. The van der Waals surface area contributed by atoms with Crippen molar-refractivity contribution < 1.29 is 37.8 Å². The van der Waals surface area contributed by atoms with E-state index < -0.39 is 17.9 Å². The number of carboxylic acid groups (broad SMARTS) is 1. The van der Waals surface area contributed by atoms with Crippen molar-refractivity contribution in [2.75, 3.05) is 0 Å². The first kappa shape index (κ1) is 20.7. The first-order valence-corrected chi connectivity index (χ1v) is 10.8. The number of rotatable bonds is 4. The van der Waals surface area contributed by atoms with Crippen LogP contribution in [0, 0.1) is 0 Å². The summed E-state index contributed by atoms with van der Waals surface area (Å²) in [6.45, 7) is 0. The normalized spacial score (nSPS) is 17.6. The summed E-state index contributed by atoms with van der Waals surface area (Å²) >= 11 is 0. The van der Waals surface area contributed by atoms with Crippen LogP contribution in [0.15, 0.2) is 81.5 Å². The molecule has 4 heterocycles. The molecule has 0 fully saturated rings. The minimum absolute atomic E-state index is 0.00312. The number of benzene rings is 2. The highest BCUT2D eigenvalue weighted by atomic mass is 16.5. The van der Waals surface area contributed by atoms with Crippen molar-refractivity contribution in [2.24, 2.45) is 0 Å². The highest BCUT2D eigenvalue weighted by molar-refractivity contribution is 6.15. The van der Waals surface area contributed by atoms with Crippen LogP contribution in [0.2, 0.25) is 0 Å². The SMILES string of the molecule is O=C1C[C@H](c2ccc(-c3ccc(C(=O)O)cc3)o2)c2c(ccc3c2O/C(=C\c2ccco2)C3=O)O1. The van der Waals surface area contributed by atoms with Crippen LogP contribution in [0.3, 0.4) is 0 Å². The number of fused-ring (bicyclic) bond motifs is 3. The van der Waals surface area contributed by atoms with Gasteiger partial charge in [0.15, 0.2) is 5.76 Å². The summed E-state index contributed by atoms with van der Waals surface area (Å²) < 4.78 is 22.8. The predicted molar refractivity (Wildman–Crippen MR) is 121 cm³/mol. The predicted octanol–water partition coefficient (Wildman–Crippen LogP) is 5.30. The van der Waals surface area contributed by atoms with Gasteiger partial charge in [0.1, 0.15) is 28.8 Å². The molecule has 2 aliphatic heterocycles. The zero-order chi connectivity index (χ0) is 24.1. The van der Waals surface area contributed by atoms with E-state index in [-0.39, 0.29) is 23.5 Å². The summed E-state index contributed by atoms with van der Waals surface area (Å²) in [6.07, 6.45) is 3.02. The van der Waals surface area contributed by atoms with E-state index >= 15 is 0 Å². The van der Waals surface area contributed by atoms with Gasteiger partial charge in [0.05, 0.1) is 29.7 Å². The van der Waals surface area contributed by atoms with E-state index in [1.165, 1.54) is 24.5 Å². The zero-order valence-corrected chi connectivity index (χ0v) is 18.0. The van der Waals surface area contributed by atoms with Gasteiger partial charge < -0.3 is 23.4 Å². The standard InChI is InChI=1S/C27H16O8/c28-23-13-18(20-10-9-19(33-20)14-3-5-15(6-4-14)27(30)31)24-21(34-23)8-7-17-25(29)22(35-26(17)24)12-16-2-1-11-32-16/h1-12,18H,13H2,(H,30,31)/b22-12-/t18-/m1/s1. The molecule has 0 saturated heterocycles. The van der Waals surface area contributed by atoms with Gasteiger partial charge in [-0.15, -0.1) is 0 Å². The van der Waals surface area contributed by atoms with Crippen LogP contribution in [0.25, 0.3) is 17.4 Å². The second-order valence-corrected chi connectivity index (χ2v) is 8.12. The number of Topliss-reactive ketones (excluding diaryl/α,β-unsaturated/α-hetero) is 1. The van der Waals surface area contributed by atoms with Crippen LogP contribution >= 0.6 is 0 Å². The number of ketones is 1. The Morgan fingerprint density at radius 3 is 2.54 bits per heavy atom. The van der Waals surface area contributed by atoms with Gasteiger partial charge in [0.2, 0.25) is 5.78 Å². The Balaban J connectivity index is 1.39. The number of carboxylic acids is 1. The van der Waals surface area contributed by atoms with Crippen molar-refractivity contribution in [3.8, 4) is 22.8 Å². The lowest BCUT2D eigenvalue weighted by molar-refractivity contribution is -0.135. The molecule has 0 bridgehead atoms. The number of ether oxygens (including phenoxy) is 2. The van der Waals surface area contributed by atoms with Crippen molar-refractivity contribution >= 4 is 23.8 Å². The van der Waals surface area contributed by atoms with E-state index in [1.54, 1.807) is 48.5 Å². The molecule has 2 aromatic heterocycles. The maximum atomic E-state index is 13.0. The van der Waals surface area contributed by atoms with Gasteiger partial charge in [-0.3, -0.25) is 9.59 Å². The van der Waals surface area contributed by atoms with Gasteiger partial charge in [-0.1, -0.05) is 12.1 Å². The van der Waals surface area contributed by atoms with Crippen LogP contribution in [-0.4, -0.2) is 22.8 Å². The van der Waals surface area contributed by atoms with Crippen LogP contribution < -0.4 is 9.47 Å². The number of allylic oxidation sites excluding steroid dienone is 1. The van der Waals surface area contributed by atoms with E-state index in [9.17, 15) is 14.4 Å². The average molecular weight is 468 g/mol. The third kappa shape index (κ3) is 3.52. The smallest absolute Gasteiger partial charge is 0.335 e. The highest BCUT2D eigenvalue weighted by Gasteiger charge is 2.39. The maximum Gasteiger partial charge on any atom is 0.335 e. The Bertz CT molecular complexity index is 1520. The van der Waals surface area contributed by atoms with Crippen LogP contribution in [0.1, 0.15) is 50.1 Å². The van der Waals surface area contributed by atoms with E-state index in [1.807, 2.05) is 0 Å². The number of esters is 1. The summed E-state index contributed by atoms with van der Waals surface area (Å²) in [5.74, 6) is -0.0570. The summed E-state index contributed by atoms with van der Waals surface area (Å²) in [7, 11) is 0. The van der Waals surface area contributed by atoms with Gasteiger partial charge in [0.25, 0.3) is 0 Å². The lowest BCUT2D eigenvalue weighted by Gasteiger charge is -2.24. The number of hydrogen-bond donors (Lipinski definition) is 1. The molecular weight excluding hydrogens is 452 g/mol. The van der Waals surface area contributed by atoms with Crippen LogP contribution in [-0.2, 0) is 4.79 Å². The molecule has 1 N–H and O–H groups in total. The average Bonchev–Trinajstić information content (AvgIpc) is 3.60. The molecule has 0 unspecified atom stereocenters. The number of carbonyl (C=O) groups excluding carboxylic acids is 2. The molecular formula is C27H16O8. The summed E-state index contributed by atoms with van der Waals surface area (Å²) in [6, 6.07) is 16.4. The lowest BCUT2D eigenvalue weighted by atomic mass is 9.88. The molecule has 2 aliphatic rings. The second kappa shape index (κ2) is 7.88. The fraction of sp³-hybridized carbons (Fsp3) is 0.0741. The molecule has 172 valence electrons. The minimum Gasteiger partial charge on any atom is -0.478 e. The molecule has 4 aromatic rings. The molecule has 6 rings (SSSR count). The van der Waals surface area contributed by atoms with E-state index in [0.717, 1.165) is 0 Å². The number of carbonyl (C=O) groups is 3. The summed E-state index contributed by atoms with van der Waals surface area (Å²) in [4.78, 5) is 36.5. The Morgan fingerprint density at radius 2 is 1.80 bits per heavy atom. The van der Waals surface area contributed by atoms with E-state index in [0.29, 0.717) is 45.5 Å². The summed E-state index contributed by atoms with van der Waals surface area (Å²) in [5, 5.41) is 9.11. The molecule has 0 radical (unpaired) electrons. The van der Waals surface area contributed by atoms with Crippen LogP contribution in [0.4, 0.5) is 0 Å². The molecule has 0 amide bonds. The van der Waals surface area contributed by atoms with E-state index in [2.05, 4.69) is 0 Å². The van der Waals surface area contributed by atoms with Crippen LogP contribution in [0.5, 0.6) is 11.5 Å². The maximum absolute atomic E-state index is 13.0. The Hall–Kier alpha value is -4.85. The molecule has 0 spiro atoms. The first-order valence-electron chi connectivity index (χ1n) is 10.8. The summed E-state index contributed by atoms with van der Waals surface area (Å²) in [5.41, 5.74) is 1.77. The molecule has 0 aliphatic carbocycles. The molecule has 35 heavy (non-hydrogen) atoms. The van der Waals surface area contributed by atoms with Crippen molar-refractivity contribution in [1.29, 1.82) is 0 Å². The van der Waals surface area contributed by atoms with Crippen molar-refractivity contribution in [2.45, 2.75) is 12.3 Å². The van der Waals surface area contributed by atoms with Gasteiger partial charge in [-0.25, -0.2) is 4.79 Å². The Labute approximate surface area is 198 Å². The van der Waals surface area contributed by atoms with Gasteiger partial charge in [0, 0.05) is 17.2 Å². The molecule has 8 nitrogen and oxygen atoms in total. The van der Waals surface area contributed by atoms with Gasteiger partial charge in [-0.2, -0.15) is 0 Å². The van der Waals surface area contributed by atoms with Crippen molar-refractivity contribution in [1.82, 2.24) is 0 Å². The van der Waals surface area contributed by atoms with Gasteiger partial charge in [-0.05, 0) is 48.5 Å².